The fourth-order valence-corrected chi connectivity index (χ4v) is 2.88. The zero-order chi connectivity index (χ0) is 18.7. The number of aromatic nitrogens is 2. The average molecular weight is 360 g/mol. The largest absolute Gasteiger partial charge is 0.481 e. The maximum atomic E-state index is 12.8. The minimum atomic E-state index is -1.04. The molecular weight excluding hydrogens is 344 g/mol. The normalized spacial score (nSPS) is 17.1. The molecule has 0 radical (unpaired) electrons. The van der Waals surface area contributed by atoms with E-state index in [4.69, 9.17) is 9.84 Å². The average Bonchev–Trinajstić information content (AvgIpc) is 3.15. The topological polar surface area (TPSA) is 128 Å². The van der Waals surface area contributed by atoms with E-state index in [0.717, 1.165) is 0 Å². The molecule has 1 atom stereocenters. The first-order valence-corrected chi connectivity index (χ1v) is 7.84. The van der Waals surface area contributed by atoms with E-state index in [0.29, 0.717) is 0 Å². The number of carboxylic acids is 1. The lowest BCUT2D eigenvalue weighted by molar-refractivity contribution is -0.384. The van der Waals surface area contributed by atoms with Gasteiger partial charge in [-0.3, -0.25) is 19.7 Å². The summed E-state index contributed by atoms with van der Waals surface area (Å²) in [6.45, 7) is 0.637. The molecule has 2 aromatic rings. The molecule has 0 saturated carbocycles. The second-order valence-corrected chi connectivity index (χ2v) is 5.76. The van der Waals surface area contributed by atoms with Crippen LogP contribution in [0, 0.1) is 10.1 Å². The van der Waals surface area contributed by atoms with Crippen molar-refractivity contribution in [3.8, 4) is 5.69 Å². The van der Waals surface area contributed by atoms with Crippen LogP contribution < -0.4 is 0 Å². The molecule has 1 aromatic carbocycles. The van der Waals surface area contributed by atoms with Crippen molar-refractivity contribution in [1.29, 1.82) is 0 Å². The molecule has 1 aromatic heterocycles. The number of benzene rings is 1. The highest BCUT2D eigenvalue weighted by Gasteiger charge is 2.31. The number of rotatable bonds is 5. The number of ether oxygens (including phenoxy) is 1. The Morgan fingerprint density at radius 3 is 2.88 bits per heavy atom. The number of imidazole rings is 1. The zero-order valence-electron chi connectivity index (χ0n) is 13.6. The molecule has 2 heterocycles. The van der Waals surface area contributed by atoms with Crippen LogP contribution in [0.1, 0.15) is 16.8 Å². The summed E-state index contributed by atoms with van der Waals surface area (Å²) in [6.07, 6.45) is 4.23. The Morgan fingerprint density at radius 2 is 2.23 bits per heavy atom. The number of nitro benzene ring substituents is 1. The summed E-state index contributed by atoms with van der Waals surface area (Å²) in [7, 11) is 0. The van der Waals surface area contributed by atoms with Crippen molar-refractivity contribution in [2.45, 2.75) is 12.5 Å². The second kappa shape index (κ2) is 7.31. The zero-order valence-corrected chi connectivity index (χ0v) is 13.6. The van der Waals surface area contributed by atoms with E-state index >= 15 is 0 Å². The van der Waals surface area contributed by atoms with Crippen molar-refractivity contribution in [1.82, 2.24) is 14.5 Å². The number of hydrogen-bond acceptors (Lipinski definition) is 6. The lowest BCUT2D eigenvalue weighted by atomic mass is 10.1. The second-order valence-electron chi connectivity index (χ2n) is 5.76. The van der Waals surface area contributed by atoms with Gasteiger partial charge in [0.1, 0.15) is 5.69 Å². The third-order valence-electron chi connectivity index (χ3n) is 4.10. The molecule has 1 amide bonds. The van der Waals surface area contributed by atoms with E-state index in [2.05, 4.69) is 4.98 Å². The monoisotopic (exact) mass is 360 g/mol. The molecule has 3 rings (SSSR count). The molecule has 0 spiro atoms. The van der Waals surface area contributed by atoms with E-state index in [1.165, 1.54) is 40.2 Å². The number of carbonyl (C=O) groups excluding carboxylic acids is 1. The predicted octanol–water partition coefficient (Wildman–Crippen LogP) is 1.10. The molecule has 1 fully saturated rings. The number of morpholine rings is 1. The van der Waals surface area contributed by atoms with Gasteiger partial charge < -0.3 is 19.3 Å². The minimum absolute atomic E-state index is 0.118. The summed E-state index contributed by atoms with van der Waals surface area (Å²) < 4.78 is 6.73. The number of amides is 1. The summed E-state index contributed by atoms with van der Waals surface area (Å²) in [5.41, 5.74) is 0.169. The molecule has 1 saturated heterocycles. The van der Waals surface area contributed by atoms with Crippen molar-refractivity contribution < 1.29 is 24.4 Å². The van der Waals surface area contributed by atoms with E-state index in [1.807, 2.05) is 0 Å². The summed E-state index contributed by atoms with van der Waals surface area (Å²) in [5, 5.41) is 20.4. The van der Waals surface area contributed by atoms with Crippen LogP contribution in [0.4, 0.5) is 5.69 Å². The van der Waals surface area contributed by atoms with Crippen molar-refractivity contribution in [3.05, 3.63) is 52.6 Å². The first-order valence-electron chi connectivity index (χ1n) is 7.84. The number of nitro groups is 1. The van der Waals surface area contributed by atoms with Gasteiger partial charge in [-0.1, -0.05) is 0 Å². The van der Waals surface area contributed by atoms with Gasteiger partial charge in [0.25, 0.3) is 11.6 Å². The molecule has 0 aliphatic carbocycles. The van der Waals surface area contributed by atoms with Gasteiger partial charge in [-0.05, 0) is 12.1 Å². The van der Waals surface area contributed by atoms with Gasteiger partial charge >= 0.3 is 5.97 Å². The highest BCUT2D eigenvalue weighted by molar-refractivity contribution is 5.96. The number of nitrogens with zero attached hydrogens (tertiary/aromatic N) is 4. The van der Waals surface area contributed by atoms with E-state index < -0.39 is 22.8 Å². The Balaban J connectivity index is 1.93. The summed E-state index contributed by atoms with van der Waals surface area (Å²) in [6, 6.07) is 3.55. The Kier molecular flexibility index (Phi) is 4.94. The van der Waals surface area contributed by atoms with Gasteiger partial charge in [-0.2, -0.15) is 0 Å². The third kappa shape index (κ3) is 3.54. The van der Waals surface area contributed by atoms with Gasteiger partial charge in [0.05, 0.1) is 36.9 Å². The van der Waals surface area contributed by atoms with E-state index in [-0.39, 0.29) is 43.1 Å². The van der Waals surface area contributed by atoms with Crippen LogP contribution in [0.15, 0.2) is 36.9 Å². The summed E-state index contributed by atoms with van der Waals surface area (Å²) in [4.78, 5) is 39.9. The standard InChI is InChI=1S/C16H16N4O6/c21-15(22)8-12-9-26-6-5-19(12)16(23)11-1-2-13(14(7-11)20(24)25)18-4-3-17-10-18/h1-4,7,10,12H,5-6,8-9H2,(H,21,22). The van der Waals surface area contributed by atoms with E-state index in [9.17, 15) is 19.7 Å². The van der Waals surface area contributed by atoms with Crippen LogP contribution in [0.2, 0.25) is 0 Å². The summed E-state index contributed by atoms with van der Waals surface area (Å²) >= 11 is 0. The van der Waals surface area contributed by atoms with Crippen molar-refractivity contribution in [2.75, 3.05) is 19.8 Å². The van der Waals surface area contributed by atoms with Gasteiger partial charge in [-0.15, -0.1) is 0 Å². The molecule has 10 nitrogen and oxygen atoms in total. The fraction of sp³-hybridized carbons (Fsp3) is 0.312. The lowest BCUT2D eigenvalue weighted by Crippen LogP contribution is -2.49. The molecule has 1 aliphatic heterocycles. The Hall–Kier alpha value is -3.27. The van der Waals surface area contributed by atoms with Gasteiger partial charge in [0, 0.05) is 30.6 Å². The van der Waals surface area contributed by atoms with Crippen LogP contribution >= 0.6 is 0 Å². The van der Waals surface area contributed by atoms with Crippen LogP contribution in [0.5, 0.6) is 0 Å². The molecule has 1 N–H and O–H groups in total. The van der Waals surface area contributed by atoms with Gasteiger partial charge in [0.15, 0.2) is 0 Å². The molecule has 1 unspecified atom stereocenters. The summed E-state index contributed by atoms with van der Waals surface area (Å²) in [5.74, 6) is -1.50. The van der Waals surface area contributed by atoms with Gasteiger partial charge in [0.2, 0.25) is 0 Å². The quantitative estimate of drug-likeness (QED) is 0.624. The number of carbonyl (C=O) groups is 2. The minimum Gasteiger partial charge on any atom is -0.481 e. The molecule has 0 bridgehead atoms. The Labute approximate surface area is 147 Å². The van der Waals surface area contributed by atoms with Crippen LogP contribution in [-0.4, -0.2) is 62.2 Å². The number of carboxylic acid groups (broad SMARTS) is 1. The highest BCUT2D eigenvalue weighted by atomic mass is 16.6. The molecule has 1 aliphatic rings. The Bertz CT molecular complexity index is 835. The van der Waals surface area contributed by atoms with Crippen molar-refractivity contribution >= 4 is 17.6 Å². The van der Waals surface area contributed by atoms with Crippen molar-refractivity contribution in [2.24, 2.45) is 0 Å². The lowest BCUT2D eigenvalue weighted by Gasteiger charge is -2.34. The van der Waals surface area contributed by atoms with Crippen LogP contribution in [-0.2, 0) is 9.53 Å². The first-order chi connectivity index (χ1) is 12.5. The van der Waals surface area contributed by atoms with Crippen LogP contribution in [0.25, 0.3) is 5.69 Å². The van der Waals surface area contributed by atoms with E-state index in [1.54, 1.807) is 6.20 Å². The fourth-order valence-electron chi connectivity index (χ4n) is 2.88. The number of hydrogen-bond donors (Lipinski definition) is 1. The van der Waals surface area contributed by atoms with Crippen LogP contribution in [0.3, 0.4) is 0 Å². The maximum absolute atomic E-state index is 12.8. The molecule has 136 valence electrons. The Morgan fingerprint density at radius 1 is 1.42 bits per heavy atom. The number of aliphatic carboxylic acids is 1. The smallest absolute Gasteiger partial charge is 0.305 e. The third-order valence-corrected chi connectivity index (χ3v) is 4.10. The highest BCUT2D eigenvalue weighted by Crippen LogP contribution is 2.26. The SMILES string of the molecule is O=C(O)CC1COCCN1C(=O)c1ccc(-n2ccnc2)c([N+](=O)[O-])c1. The molecule has 26 heavy (non-hydrogen) atoms. The molecule has 10 heteroatoms. The maximum Gasteiger partial charge on any atom is 0.305 e. The van der Waals surface area contributed by atoms with Crippen molar-refractivity contribution in [3.63, 3.8) is 0 Å². The predicted molar refractivity (Wildman–Crippen MR) is 88.1 cm³/mol. The first kappa shape index (κ1) is 17.5. The van der Waals surface area contributed by atoms with Gasteiger partial charge in [-0.25, -0.2) is 4.98 Å². The molecular formula is C16H16N4O6.